The van der Waals surface area contributed by atoms with Crippen LogP contribution in [0.25, 0.3) is 10.2 Å². The van der Waals surface area contributed by atoms with E-state index in [1.165, 1.54) is 11.3 Å². The molecule has 29 heavy (non-hydrogen) atoms. The minimum absolute atomic E-state index is 0.0757. The lowest BCUT2D eigenvalue weighted by atomic mass is 10.2. The van der Waals surface area contributed by atoms with Crippen molar-refractivity contribution < 1.29 is 19.1 Å². The summed E-state index contributed by atoms with van der Waals surface area (Å²) < 4.78 is 14.7. The number of benzene rings is 1. The Labute approximate surface area is 172 Å². The highest BCUT2D eigenvalue weighted by molar-refractivity contribution is 7.16. The molecule has 0 unspecified atom stereocenters. The molecule has 9 heteroatoms. The van der Waals surface area contributed by atoms with Crippen LogP contribution in [0.4, 0.5) is 0 Å². The van der Waals surface area contributed by atoms with E-state index >= 15 is 0 Å². The van der Waals surface area contributed by atoms with Gasteiger partial charge in [-0.3, -0.25) is 9.48 Å². The molecule has 0 atom stereocenters. The van der Waals surface area contributed by atoms with Gasteiger partial charge in [-0.2, -0.15) is 10.1 Å². The second-order valence-electron chi connectivity index (χ2n) is 6.52. The average Bonchev–Trinajstić information content (AvgIpc) is 3.17. The van der Waals surface area contributed by atoms with Gasteiger partial charge < -0.3 is 14.0 Å². The van der Waals surface area contributed by atoms with Crippen LogP contribution in [0, 0.1) is 13.8 Å². The predicted molar refractivity (Wildman–Crippen MR) is 110 cm³/mol. The van der Waals surface area contributed by atoms with E-state index in [-0.39, 0.29) is 18.4 Å². The van der Waals surface area contributed by atoms with Gasteiger partial charge in [-0.15, -0.1) is 0 Å². The van der Waals surface area contributed by atoms with Crippen molar-refractivity contribution in [1.82, 2.24) is 14.3 Å². The van der Waals surface area contributed by atoms with E-state index in [0.29, 0.717) is 30.1 Å². The molecule has 0 N–H and O–H groups in total. The third-order valence-electron chi connectivity index (χ3n) is 4.32. The molecule has 0 spiro atoms. The number of carbonyl (C=O) groups is 2. The molecule has 0 aliphatic rings. The zero-order valence-corrected chi connectivity index (χ0v) is 17.8. The number of methoxy groups -OCH3 is 1. The van der Waals surface area contributed by atoms with Crippen molar-refractivity contribution in [3.63, 3.8) is 0 Å². The fourth-order valence-electron chi connectivity index (χ4n) is 3.00. The maximum Gasteiger partial charge on any atom is 0.338 e. The molecule has 2 heterocycles. The summed E-state index contributed by atoms with van der Waals surface area (Å²) in [7, 11) is 1.62. The first-order chi connectivity index (χ1) is 13.9. The first kappa shape index (κ1) is 20.9. The summed E-state index contributed by atoms with van der Waals surface area (Å²) in [5.74, 6) is -0.662. The van der Waals surface area contributed by atoms with Crippen LogP contribution in [-0.4, -0.2) is 46.5 Å². The van der Waals surface area contributed by atoms with E-state index in [1.54, 1.807) is 30.8 Å². The van der Waals surface area contributed by atoms with Crippen molar-refractivity contribution in [2.45, 2.75) is 33.9 Å². The molecule has 154 valence electrons. The number of esters is 1. The molecule has 1 aromatic carbocycles. The highest BCUT2D eigenvalue weighted by Crippen LogP contribution is 2.20. The number of rotatable bonds is 7. The van der Waals surface area contributed by atoms with Crippen LogP contribution < -0.4 is 4.80 Å². The van der Waals surface area contributed by atoms with E-state index < -0.39 is 0 Å². The van der Waals surface area contributed by atoms with Crippen molar-refractivity contribution in [2.24, 2.45) is 4.99 Å². The van der Waals surface area contributed by atoms with E-state index in [1.807, 2.05) is 30.5 Å². The molecule has 3 rings (SSSR count). The minimum atomic E-state index is -0.370. The predicted octanol–water partition coefficient (Wildman–Crippen LogP) is 2.47. The number of nitrogens with zero attached hydrogens (tertiary/aromatic N) is 4. The Morgan fingerprint density at radius 1 is 1.24 bits per heavy atom. The van der Waals surface area contributed by atoms with Gasteiger partial charge in [-0.1, -0.05) is 11.3 Å². The van der Waals surface area contributed by atoms with Gasteiger partial charge in [0.2, 0.25) is 0 Å². The maximum absolute atomic E-state index is 12.6. The Bertz CT molecular complexity index is 1110. The van der Waals surface area contributed by atoms with E-state index in [0.717, 1.165) is 21.6 Å². The third-order valence-corrected chi connectivity index (χ3v) is 5.36. The summed E-state index contributed by atoms with van der Waals surface area (Å²) in [6.45, 7) is 6.97. The maximum atomic E-state index is 12.6. The van der Waals surface area contributed by atoms with Crippen LogP contribution in [0.15, 0.2) is 29.3 Å². The van der Waals surface area contributed by atoms with Crippen LogP contribution in [0.1, 0.15) is 28.7 Å². The first-order valence-electron chi connectivity index (χ1n) is 9.31. The van der Waals surface area contributed by atoms with Crippen LogP contribution in [0.5, 0.6) is 0 Å². The fourth-order valence-corrected chi connectivity index (χ4v) is 4.12. The van der Waals surface area contributed by atoms with Gasteiger partial charge in [-0.05, 0) is 45.0 Å². The summed E-state index contributed by atoms with van der Waals surface area (Å²) in [6.07, 6.45) is 0. The highest BCUT2D eigenvalue weighted by atomic mass is 32.1. The van der Waals surface area contributed by atoms with Gasteiger partial charge in [0.15, 0.2) is 4.80 Å². The topological polar surface area (TPSA) is 87.7 Å². The van der Waals surface area contributed by atoms with Gasteiger partial charge in [0.05, 0.1) is 34.7 Å². The van der Waals surface area contributed by atoms with Crippen LogP contribution in [0.3, 0.4) is 0 Å². The van der Waals surface area contributed by atoms with Crippen LogP contribution in [0.2, 0.25) is 0 Å². The zero-order chi connectivity index (χ0) is 21.0. The number of aromatic nitrogens is 3. The molecule has 0 saturated heterocycles. The standard InChI is InChI=1S/C20H24N4O4S/c1-5-28-19(26)15-6-7-16-17(11-15)29-20(23(16)8-9-27-4)21-18(25)12-24-14(3)10-13(2)22-24/h6-7,10-11H,5,8-9,12H2,1-4H3. The second kappa shape index (κ2) is 9.15. The number of fused-ring (bicyclic) bond motifs is 1. The molecule has 0 aliphatic carbocycles. The number of thiazole rings is 1. The fraction of sp³-hybridized carbons (Fsp3) is 0.400. The molecule has 3 aromatic rings. The van der Waals surface area contributed by atoms with Crippen LogP contribution in [-0.2, 0) is 27.4 Å². The minimum Gasteiger partial charge on any atom is -0.462 e. The van der Waals surface area contributed by atoms with E-state index in [9.17, 15) is 9.59 Å². The number of carbonyl (C=O) groups excluding carboxylic acids is 2. The third kappa shape index (κ3) is 4.80. The molecule has 0 fully saturated rings. The molecule has 8 nitrogen and oxygen atoms in total. The second-order valence-corrected chi connectivity index (χ2v) is 7.53. The summed E-state index contributed by atoms with van der Waals surface area (Å²) in [6, 6.07) is 7.25. The number of ether oxygens (including phenoxy) is 2. The first-order valence-corrected chi connectivity index (χ1v) is 10.1. The number of hydrogen-bond donors (Lipinski definition) is 0. The molecular weight excluding hydrogens is 392 g/mol. The van der Waals surface area contributed by atoms with Crippen molar-refractivity contribution in [1.29, 1.82) is 0 Å². The molecule has 2 aromatic heterocycles. The van der Waals surface area contributed by atoms with Crippen LogP contribution >= 0.6 is 11.3 Å². The molecule has 0 saturated carbocycles. The molecule has 0 bridgehead atoms. The molecule has 0 aliphatic heterocycles. The Kier molecular flexibility index (Phi) is 6.60. The SMILES string of the molecule is CCOC(=O)c1ccc2c(c1)sc(=NC(=O)Cn1nc(C)cc1C)n2CCOC. The Morgan fingerprint density at radius 3 is 2.69 bits per heavy atom. The zero-order valence-electron chi connectivity index (χ0n) is 17.0. The lowest BCUT2D eigenvalue weighted by Crippen LogP contribution is -2.21. The number of amides is 1. The van der Waals surface area contributed by atoms with Crippen molar-refractivity contribution >= 4 is 33.4 Å². The van der Waals surface area contributed by atoms with Gasteiger partial charge in [0.25, 0.3) is 5.91 Å². The molecule has 0 radical (unpaired) electrons. The largest absolute Gasteiger partial charge is 0.462 e. The average molecular weight is 417 g/mol. The summed E-state index contributed by atoms with van der Waals surface area (Å²) in [5.41, 5.74) is 3.13. The van der Waals surface area contributed by atoms with E-state index in [2.05, 4.69) is 10.1 Å². The molecular formula is C20H24N4O4S. The monoisotopic (exact) mass is 416 g/mol. The van der Waals surface area contributed by atoms with Gasteiger partial charge >= 0.3 is 5.97 Å². The quantitative estimate of drug-likeness (QED) is 0.552. The van der Waals surface area contributed by atoms with Gasteiger partial charge in [0.1, 0.15) is 6.54 Å². The summed E-state index contributed by atoms with van der Waals surface area (Å²) in [5, 5.41) is 4.32. The summed E-state index contributed by atoms with van der Waals surface area (Å²) in [4.78, 5) is 29.5. The van der Waals surface area contributed by atoms with Gasteiger partial charge in [0, 0.05) is 19.3 Å². The van der Waals surface area contributed by atoms with Crippen molar-refractivity contribution in [2.75, 3.05) is 20.3 Å². The van der Waals surface area contributed by atoms with Gasteiger partial charge in [-0.25, -0.2) is 4.79 Å². The highest BCUT2D eigenvalue weighted by Gasteiger charge is 2.13. The molecule has 1 amide bonds. The normalized spacial score (nSPS) is 11.9. The van der Waals surface area contributed by atoms with E-state index in [4.69, 9.17) is 9.47 Å². The lowest BCUT2D eigenvalue weighted by molar-refractivity contribution is -0.118. The number of hydrogen-bond acceptors (Lipinski definition) is 6. The smallest absolute Gasteiger partial charge is 0.338 e. The Morgan fingerprint density at radius 2 is 2.03 bits per heavy atom. The number of aryl methyl sites for hydroxylation is 2. The lowest BCUT2D eigenvalue weighted by Gasteiger charge is -2.05. The van der Waals surface area contributed by atoms with Crippen molar-refractivity contribution in [3.05, 3.63) is 46.0 Å². The summed E-state index contributed by atoms with van der Waals surface area (Å²) >= 11 is 1.35. The Balaban J connectivity index is 1.99. The van der Waals surface area contributed by atoms with Crippen molar-refractivity contribution in [3.8, 4) is 0 Å². The Hall–Kier alpha value is -2.78.